The van der Waals surface area contributed by atoms with Gasteiger partial charge >= 0.3 is 0 Å². The van der Waals surface area contributed by atoms with Crippen molar-refractivity contribution >= 4 is 5.91 Å². The lowest BCUT2D eigenvalue weighted by Crippen LogP contribution is -2.48. The summed E-state index contributed by atoms with van der Waals surface area (Å²) in [6, 6.07) is 3.35. The van der Waals surface area contributed by atoms with Crippen molar-refractivity contribution < 1.29 is 9.53 Å². The fraction of sp³-hybridized carbons (Fsp3) is 0.462. The maximum Gasteiger partial charge on any atom is 0.274 e. The van der Waals surface area contributed by atoms with Crippen LogP contribution < -0.4 is 0 Å². The molecule has 0 aromatic carbocycles. The van der Waals surface area contributed by atoms with E-state index in [1.54, 1.807) is 17.0 Å². The van der Waals surface area contributed by atoms with Crippen LogP contribution in [0.15, 0.2) is 24.8 Å². The number of carbonyl (C=O) groups is 1. The van der Waals surface area contributed by atoms with Crippen LogP contribution in [0.1, 0.15) is 24.3 Å². The predicted octanol–water partition coefficient (Wildman–Crippen LogP) is 0.307. The van der Waals surface area contributed by atoms with Gasteiger partial charge < -0.3 is 9.64 Å². The van der Waals surface area contributed by atoms with Crippen molar-refractivity contribution in [1.29, 1.82) is 0 Å². The molecule has 0 N–H and O–H groups in total. The van der Waals surface area contributed by atoms with Gasteiger partial charge in [0.25, 0.3) is 5.91 Å². The summed E-state index contributed by atoms with van der Waals surface area (Å²) < 4.78 is 7.11. The maximum absolute atomic E-state index is 12.4. The normalized spacial score (nSPS) is 22.3. The Hall–Kier alpha value is -2.35. The van der Waals surface area contributed by atoms with Crippen molar-refractivity contribution in [2.45, 2.75) is 26.1 Å². The minimum absolute atomic E-state index is 0.0279. The van der Waals surface area contributed by atoms with Crippen LogP contribution >= 0.6 is 0 Å². The highest BCUT2D eigenvalue weighted by molar-refractivity contribution is 5.92. The molecule has 0 radical (unpaired) electrons. The van der Waals surface area contributed by atoms with Crippen LogP contribution in [0.5, 0.6) is 0 Å². The Morgan fingerprint density at radius 1 is 1.24 bits per heavy atom. The second-order valence-electron chi connectivity index (χ2n) is 5.08. The third-order valence-electron chi connectivity index (χ3n) is 3.23. The van der Waals surface area contributed by atoms with Crippen molar-refractivity contribution in [2.24, 2.45) is 0 Å². The summed E-state index contributed by atoms with van der Waals surface area (Å²) in [4.78, 5) is 18.0. The van der Waals surface area contributed by atoms with Crippen LogP contribution in [-0.4, -0.2) is 61.1 Å². The minimum atomic E-state index is -0.130. The van der Waals surface area contributed by atoms with Crippen molar-refractivity contribution in [2.75, 3.05) is 13.1 Å². The zero-order valence-electron chi connectivity index (χ0n) is 11.9. The smallest absolute Gasteiger partial charge is 0.274 e. The highest BCUT2D eigenvalue weighted by atomic mass is 16.5. The Bertz CT molecular complexity index is 602. The number of morpholine rings is 1. The zero-order valence-corrected chi connectivity index (χ0v) is 11.9. The van der Waals surface area contributed by atoms with Crippen molar-refractivity contribution in [3.05, 3.63) is 30.5 Å². The molecule has 8 nitrogen and oxygen atoms in total. The molecule has 1 aliphatic heterocycles. The van der Waals surface area contributed by atoms with E-state index in [9.17, 15) is 4.79 Å². The van der Waals surface area contributed by atoms with Crippen molar-refractivity contribution in [3.63, 3.8) is 0 Å². The Balaban J connectivity index is 1.76. The molecular weight excluding hydrogens is 272 g/mol. The van der Waals surface area contributed by atoms with Crippen LogP contribution in [0.2, 0.25) is 0 Å². The van der Waals surface area contributed by atoms with Crippen LogP contribution in [0.3, 0.4) is 0 Å². The first kappa shape index (κ1) is 13.6. The molecule has 1 fully saturated rings. The van der Waals surface area contributed by atoms with Gasteiger partial charge in [-0.15, -0.1) is 10.2 Å². The molecule has 0 bridgehead atoms. The largest absolute Gasteiger partial charge is 0.372 e. The molecule has 1 amide bonds. The number of rotatable bonds is 2. The molecule has 0 saturated carbocycles. The second-order valence-corrected chi connectivity index (χ2v) is 5.08. The molecule has 21 heavy (non-hydrogen) atoms. The molecule has 3 rings (SSSR count). The standard InChI is InChI=1S/C13H16N6O2/c1-9-5-18(6-10(2)21-9)13(20)11-3-4-12(17-16-11)19-8-14-7-15-19/h3-4,7-10H,5-6H2,1-2H3. The number of nitrogens with zero attached hydrogens (tertiary/aromatic N) is 6. The summed E-state index contributed by atoms with van der Waals surface area (Å²) >= 11 is 0. The molecule has 1 aliphatic rings. The number of hydrogen-bond donors (Lipinski definition) is 0. The lowest BCUT2D eigenvalue weighted by Gasteiger charge is -2.35. The topological polar surface area (TPSA) is 86.0 Å². The van der Waals surface area contributed by atoms with Gasteiger partial charge in [0.1, 0.15) is 12.7 Å². The summed E-state index contributed by atoms with van der Waals surface area (Å²) in [5.41, 5.74) is 0.320. The van der Waals surface area contributed by atoms with Gasteiger partial charge in [-0.3, -0.25) is 4.79 Å². The minimum Gasteiger partial charge on any atom is -0.372 e. The Kier molecular flexibility index (Phi) is 3.61. The van der Waals surface area contributed by atoms with E-state index in [0.717, 1.165) is 0 Å². The first-order valence-electron chi connectivity index (χ1n) is 6.77. The molecule has 0 aliphatic carbocycles. The Morgan fingerprint density at radius 3 is 2.57 bits per heavy atom. The molecule has 8 heteroatoms. The summed E-state index contributed by atoms with van der Waals surface area (Å²) in [7, 11) is 0. The van der Waals surface area contributed by atoms with E-state index >= 15 is 0 Å². The number of carbonyl (C=O) groups excluding carboxylic acids is 1. The number of amides is 1. The Morgan fingerprint density at radius 2 is 2.00 bits per heavy atom. The molecule has 2 aromatic heterocycles. The summed E-state index contributed by atoms with van der Waals surface area (Å²) in [6.07, 6.45) is 2.99. The zero-order chi connectivity index (χ0) is 14.8. The molecule has 1 saturated heterocycles. The van der Waals surface area contributed by atoms with Crippen molar-refractivity contribution in [3.8, 4) is 5.82 Å². The van der Waals surface area contributed by atoms with E-state index in [-0.39, 0.29) is 18.1 Å². The molecule has 110 valence electrons. The number of ether oxygens (including phenoxy) is 1. The average Bonchev–Trinajstić information content (AvgIpc) is 3.00. The SMILES string of the molecule is CC1CN(C(=O)c2ccc(-n3cncn3)nn2)CC(C)O1. The van der Waals surface area contributed by atoms with E-state index in [1.165, 1.54) is 17.3 Å². The van der Waals surface area contributed by atoms with Gasteiger partial charge in [-0.2, -0.15) is 5.10 Å². The molecule has 2 unspecified atom stereocenters. The summed E-state index contributed by atoms with van der Waals surface area (Å²) in [6.45, 7) is 5.04. The first-order valence-corrected chi connectivity index (χ1v) is 6.77. The van der Waals surface area contributed by atoms with Gasteiger partial charge in [-0.25, -0.2) is 9.67 Å². The summed E-state index contributed by atoms with van der Waals surface area (Å²) in [5, 5.41) is 12.0. The van der Waals surface area contributed by atoms with Crippen LogP contribution in [0, 0.1) is 0 Å². The average molecular weight is 288 g/mol. The predicted molar refractivity (Wildman–Crippen MR) is 72.9 cm³/mol. The third-order valence-corrected chi connectivity index (χ3v) is 3.23. The highest BCUT2D eigenvalue weighted by Gasteiger charge is 2.27. The molecular formula is C13H16N6O2. The maximum atomic E-state index is 12.4. The molecule has 2 atom stereocenters. The molecule has 2 aromatic rings. The lowest BCUT2D eigenvalue weighted by atomic mass is 10.2. The Labute approximate surface area is 121 Å². The number of hydrogen-bond acceptors (Lipinski definition) is 6. The van der Waals surface area contributed by atoms with Gasteiger partial charge in [0.2, 0.25) is 0 Å². The van der Waals surface area contributed by atoms with Crippen LogP contribution in [-0.2, 0) is 4.74 Å². The third kappa shape index (κ3) is 2.89. The van der Waals surface area contributed by atoms with Gasteiger partial charge in [-0.1, -0.05) is 0 Å². The first-order chi connectivity index (χ1) is 10.1. The van der Waals surface area contributed by atoms with E-state index in [1.807, 2.05) is 13.8 Å². The van der Waals surface area contributed by atoms with E-state index in [4.69, 9.17) is 4.74 Å². The fourth-order valence-corrected chi connectivity index (χ4v) is 2.39. The van der Waals surface area contributed by atoms with Gasteiger partial charge in [-0.05, 0) is 26.0 Å². The lowest BCUT2D eigenvalue weighted by molar-refractivity contribution is -0.0587. The number of aromatic nitrogens is 5. The van der Waals surface area contributed by atoms with Crippen LogP contribution in [0.25, 0.3) is 5.82 Å². The van der Waals surface area contributed by atoms with Gasteiger partial charge in [0.15, 0.2) is 11.5 Å². The van der Waals surface area contributed by atoms with E-state index in [2.05, 4.69) is 20.3 Å². The van der Waals surface area contributed by atoms with Gasteiger partial charge in [0, 0.05) is 13.1 Å². The molecule has 3 heterocycles. The summed E-state index contributed by atoms with van der Waals surface area (Å²) in [5.74, 6) is 0.391. The molecule has 0 spiro atoms. The van der Waals surface area contributed by atoms with Gasteiger partial charge in [0.05, 0.1) is 12.2 Å². The van der Waals surface area contributed by atoms with Crippen molar-refractivity contribution in [1.82, 2.24) is 29.9 Å². The monoisotopic (exact) mass is 288 g/mol. The highest BCUT2D eigenvalue weighted by Crippen LogP contribution is 2.13. The van der Waals surface area contributed by atoms with E-state index in [0.29, 0.717) is 24.6 Å². The second kappa shape index (κ2) is 5.57. The van der Waals surface area contributed by atoms with Crippen LogP contribution in [0.4, 0.5) is 0 Å². The van der Waals surface area contributed by atoms with E-state index < -0.39 is 0 Å². The fourth-order valence-electron chi connectivity index (χ4n) is 2.39. The quantitative estimate of drug-likeness (QED) is 0.790.